The van der Waals surface area contributed by atoms with Crippen molar-refractivity contribution in [3.05, 3.63) is 23.3 Å². The fraction of sp³-hybridized carbons (Fsp3) is 0.385. The lowest BCUT2D eigenvalue weighted by atomic mass is 9.98. The van der Waals surface area contributed by atoms with E-state index >= 15 is 0 Å². The highest BCUT2D eigenvalue weighted by Crippen LogP contribution is 2.42. The van der Waals surface area contributed by atoms with Gasteiger partial charge >= 0.3 is 0 Å². The summed E-state index contributed by atoms with van der Waals surface area (Å²) in [6.45, 7) is 3.98. The highest BCUT2D eigenvalue weighted by Gasteiger charge is 2.33. The maximum atomic E-state index is 8.94. The first-order valence-electron chi connectivity index (χ1n) is 5.80. The molecule has 1 aromatic carbocycles. The molecule has 6 heteroatoms. The predicted molar refractivity (Wildman–Crippen MR) is 70.0 cm³/mol. The van der Waals surface area contributed by atoms with E-state index < -0.39 is 0 Å². The molecule has 0 aliphatic carbocycles. The highest BCUT2D eigenvalue weighted by molar-refractivity contribution is 6.38. The summed E-state index contributed by atoms with van der Waals surface area (Å²) in [6.07, 6.45) is 1.78. The van der Waals surface area contributed by atoms with Gasteiger partial charge in [-0.05, 0) is 26.0 Å². The van der Waals surface area contributed by atoms with E-state index in [1.165, 1.54) is 0 Å². The second-order valence-electron chi connectivity index (χ2n) is 4.94. The van der Waals surface area contributed by atoms with Gasteiger partial charge in [-0.3, -0.25) is 0 Å². The van der Waals surface area contributed by atoms with Crippen LogP contribution in [0.25, 0.3) is 0 Å². The molecule has 1 aliphatic heterocycles. The zero-order valence-electron chi connectivity index (χ0n) is 11.0. The smallest absolute Gasteiger partial charge is 0.165 e. The molecular formula is C13H16N2O4. The SMILES string of the molecule is COc1cc(C(/C=N/O)=N\O)cc2c1OC(C)(C)C2. The minimum Gasteiger partial charge on any atom is -0.493 e. The Bertz CT molecular complexity index is 550. The maximum Gasteiger partial charge on any atom is 0.165 e. The van der Waals surface area contributed by atoms with Gasteiger partial charge in [0.1, 0.15) is 11.3 Å². The summed E-state index contributed by atoms with van der Waals surface area (Å²) >= 11 is 0. The average Bonchev–Trinajstić information content (AvgIpc) is 2.68. The van der Waals surface area contributed by atoms with Gasteiger partial charge in [-0.25, -0.2) is 0 Å². The third-order valence-electron chi connectivity index (χ3n) is 2.93. The molecular weight excluding hydrogens is 248 g/mol. The van der Waals surface area contributed by atoms with Crippen LogP contribution in [0.3, 0.4) is 0 Å². The maximum absolute atomic E-state index is 8.94. The van der Waals surface area contributed by atoms with E-state index in [4.69, 9.17) is 19.9 Å². The number of oxime groups is 2. The van der Waals surface area contributed by atoms with Gasteiger partial charge in [-0.1, -0.05) is 10.3 Å². The first kappa shape index (κ1) is 13.2. The summed E-state index contributed by atoms with van der Waals surface area (Å²) in [6, 6.07) is 3.51. The molecule has 2 N–H and O–H groups in total. The lowest BCUT2D eigenvalue weighted by Gasteiger charge is -2.17. The molecule has 1 aliphatic rings. The number of hydrogen-bond donors (Lipinski definition) is 2. The van der Waals surface area contributed by atoms with Crippen molar-refractivity contribution in [2.45, 2.75) is 25.9 Å². The number of rotatable bonds is 3. The molecule has 0 spiro atoms. The second kappa shape index (κ2) is 4.79. The van der Waals surface area contributed by atoms with Crippen molar-refractivity contribution >= 4 is 11.9 Å². The van der Waals surface area contributed by atoms with Gasteiger partial charge in [-0.2, -0.15) is 0 Å². The molecule has 0 aromatic heterocycles. The van der Waals surface area contributed by atoms with Crippen LogP contribution in [0.4, 0.5) is 0 Å². The van der Waals surface area contributed by atoms with Crippen molar-refractivity contribution in [2.24, 2.45) is 10.3 Å². The first-order valence-corrected chi connectivity index (χ1v) is 5.80. The van der Waals surface area contributed by atoms with E-state index in [0.29, 0.717) is 17.1 Å². The first-order chi connectivity index (χ1) is 9.00. The van der Waals surface area contributed by atoms with Crippen molar-refractivity contribution in [3.63, 3.8) is 0 Å². The van der Waals surface area contributed by atoms with Gasteiger partial charge in [0.25, 0.3) is 0 Å². The lowest BCUT2D eigenvalue weighted by Crippen LogP contribution is -2.24. The van der Waals surface area contributed by atoms with E-state index in [9.17, 15) is 0 Å². The van der Waals surface area contributed by atoms with Gasteiger partial charge in [0, 0.05) is 17.5 Å². The summed E-state index contributed by atoms with van der Waals surface area (Å²) < 4.78 is 11.1. The summed E-state index contributed by atoms with van der Waals surface area (Å²) in [5.74, 6) is 1.26. The Kier molecular flexibility index (Phi) is 3.33. The summed E-state index contributed by atoms with van der Waals surface area (Å²) in [5.41, 5.74) is 1.41. The third-order valence-corrected chi connectivity index (χ3v) is 2.93. The molecule has 1 heterocycles. The summed E-state index contributed by atoms with van der Waals surface area (Å²) in [7, 11) is 1.55. The standard InChI is InChI=1S/C13H16N2O4/c1-13(2)6-9-4-8(10(15-17)7-14-16)5-11(18-3)12(9)19-13/h4-5,7,16-17H,6H2,1-3H3/b14-7+,15-10-. The van der Waals surface area contributed by atoms with Crippen molar-refractivity contribution in [2.75, 3.05) is 7.11 Å². The number of ether oxygens (including phenoxy) is 2. The van der Waals surface area contributed by atoms with Crippen LogP contribution in [0.2, 0.25) is 0 Å². The quantitative estimate of drug-likeness (QED) is 0.497. The minimum atomic E-state index is -0.296. The molecule has 102 valence electrons. The van der Waals surface area contributed by atoms with E-state index in [1.807, 2.05) is 19.9 Å². The number of hydrogen-bond acceptors (Lipinski definition) is 6. The van der Waals surface area contributed by atoms with E-state index in [-0.39, 0.29) is 11.3 Å². The van der Waals surface area contributed by atoms with E-state index in [0.717, 1.165) is 18.2 Å². The van der Waals surface area contributed by atoms with Crippen molar-refractivity contribution in [3.8, 4) is 11.5 Å². The van der Waals surface area contributed by atoms with E-state index in [2.05, 4.69) is 10.3 Å². The fourth-order valence-electron chi connectivity index (χ4n) is 2.19. The van der Waals surface area contributed by atoms with Crippen molar-refractivity contribution in [1.82, 2.24) is 0 Å². The topological polar surface area (TPSA) is 83.6 Å². The van der Waals surface area contributed by atoms with Gasteiger partial charge in [0.05, 0.1) is 13.3 Å². The number of methoxy groups -OCH3 is 1. The van der Waals surface area contributed by atoms with Crippen LogP contribution in [-0.2, 0) is 6.42 Å². The third kappa shape index (κ3) is 2.47. The molecule has 0 amide bonds. The van der Waals surface area contributed by atoms with Gasteiger partial charge in [0.2, 0.25) is 0 Å². The Hall–Kier alpha value is -2.24. The summed E-state index contributed by atoms with van der Waals surface area (Å²) in [5, 5.41) is 23.5. The molecule has 19 heavy (non-hydrogen) atoms. The highest BCUT2D eigenvalue weighted by atomic mass is 16.5. The molecule has 0 radical (unpaired) electrons. The molecule has 1 aromatic rings. The zero-order chi connectivity index (χ0) is 14.0. The van der Waals surface area contributed by atoms with Gasteiger partial charge in [-0.15, -0.1) is 0 Å². The molecule has 0 atom stereocenters. The molecule has 0 saturated carbocycles. The Morgan fingerprint density at radius 2 is 2.16 bits per heavy atom. The summed E-state index contributed by atoms with van der Waals surface area (Å²) in [4.78, 5) is 0. The van der Waals surface area contributed by atoms with Crippen LogP contribution >= 0.6 is 0 Å². The number of fused-ring (bicyclic) bond motifs is 1. The molecule has 0 bridgehead atoms. The van der Waals surface area contributed by atoms with Crippen LogP contribution in [0.1, 0.15) is 25.0 Å². The molecule has 2 rings (SSSR count). The van der Waals surface area contributed by atoms with Crippen LogP contribution in [0.15, 0.2) is 22.4 Å². The van der Waals surface area contributed by atoms with Gasteiger partial charge < -0.3 is 19.9 Å². The lowest BCUT2D eigenvalue weighted by molar-refractivity contribution is 0.134. The van der Waals surface area contributed by atoms with Crippen LogP contribution < -0.4 is 9.47 Å². The van der Waals surface area contributed by atoms with Gasteiger partial charge in [0.15, 0.2) is 11.5 Å². The fourth-order valence-corrected chi connectivity index (χ4v) is 2.19. The Balaban J connectivity index is 2.52. The number of benzene rings is 1. The molecule has 6 nitrogen and oxygen atoms in total. The molecule has 0 saturated heterocycles. The largest absolute Gasteiger partial charge is 0.493 e. The monoisotopic (exact) mass is 264 g/mol. The molecule has 0 unspecified atom stereocenters. The Morgan fingerprint density at radius 3 is 2.74 bits per heavy atom. The Labute approximate surface area is 110 Å². The zero-order valence-corrected chi connectivity index (χ0v) is 11.0. The van der Waals surface area contributed by atoms with Crippen molar-refractivity contribution in [1.29, 1.82) is 0 Å². The average molecular weight is 264 g/mol. The normalized spacial score (nSPS) is 17.3. The van der Waals surface area contributed by atoms with Crippen LogP contribution in [0.5, 0.6) is 11.5 Å². The van der Waals surface area contributed by atoms with Crippen LogP contribution in [0, 0.1) is 0 Å². The van der Waals surface area contributed by atoms with Crippen molar-refractivity contribution < 1.29 is 19.9 Å². The van der Waals surface area contributed by atoms with Crippen LogP contribution in [-0.4, -0.2) is 35.1 Å². The number of nitrogens with zero attached hydrogens (tertiary/aromatic N) is 2. The predicted octanol–water partition coefficient (Wildman–Crippen LogP) is 2.05. The second-order valence-corrected chi connectivity index (χ2v) is 4.94. The Morgan fingerprint density at radius 1 is 1.42 bits per heavy atom. The molecule has 0 fully saturated rings. The van der Waals surface area contributed by atoms with E-state index in [1.54, 1.807) is 13.2 Å². The minimum absolute atomic E-state index is 0.147.